The van der Waals surface area contributed by atoms with E-state index in [2.05, 4.69) is 0 Å². The number of rotatable bonds is 8. The van der Waals surface area contributed by atoms with Gasteiger partial charge in [-0.15, -0.1) is 0 Å². The van der Waals surface area contributed by atoms with Crippen molar-refractivity contribution >= 4 is 12.0 Å². The van der Waals surface area contributed by atoms with Crippen molar-refractivity contribution in [3.63, 3.8) is 0 Å². The van der Waals surface area contributed by atoms with E-state index in [1.165, 1.54) is 12.0 Å². The summed E-state index contributed by atoms with van der Waals surface area (Å²) in [6.45, 7) is 4.33. The van der Waals surface area contributed by atoms with Gasteiger partial charge in [-0.2, -0.15) is 0 Å². The average Bonchev–Trinajstić information content (AvgIpc) is 2.34. The number of hydrogen-bond donors (Lipinski definition) is 1. The Labute approximate surface area is 109 Å². The largest absolute Gasteiger partial charge is 0.480 e. The van der Waals surface area contributed by atoms with Gasteiger partial charge >= 0.3 is 12.0 Å². The maximum atomic E-state index is 12.2. The minimum atomic E-state index is -1.02. The van der Waals surface area contributed by atoms with Crippen molar-refractivity contribution < 1.29 is 19.4 Å². The molecule has 0 aliphatic rings. The Morgan fingerprint density at radius 2 is 1.83 bits per heavy atom. The van der Waals surface area contributed by atoms with Crippen LogP contribution in [0.4, 0.5) is 4.79 Å². The Kier molecular flexibility index (Phi) is 8.11. The Morgan fingerprint density at radius 1 is 1.28 bits per heavy atom. The van der Waals surface area contributed by atoms with E-state index in [-0.39, 0.29) is 25.2 Å². The van der Waals surface area contributed by atoms with E-state index in [1.807, 2.05) is 13.8 Å². The summed E-state index contributed by atoms with van der Waals surface area (Å²) in [5.74, 6) is -1.02. The molecule has 0 aromatic rings. The van der Waals surface area contributed by atoms with E-state index in [0.717, 1.165) is 12.8 Å². The number of carboxylic acids is 1. The molecule has 0 rings (SSSR count). The van der Waals surface area contributed by atoms with Gasteiger partial charge in [-0.1, -0.05) is 13.8 Å². The molecule has 0 heterocycles. The molecule has 0 bridgehead atoms. The van der Waals surface area contributed by atoms with Gasteiger partial charge in [0.25, 0.3) is 0 Å². The number of carbonyl (C=O) groups excluding carboxylic acids is 1. The molecule has 2 amide bonds. The number of urea groups is 1. The number of methoxy groups -OCH3 is 1. The Balaban J connectivity index is 4.65. The van der Waals surface area contributed by atoms with Crippen LogP contribution in [0.1, 0.15) is 26.7 Å². The topological polar surface area (TPSA) is 70.1 Å². The summed E-state index contributed by atoms with van der Waals surface area (Å²) in [6, 6.07) is -0.125. The highest BCUT2D eigenvalue weighted by Gasteiger charge is 2.23. The summed E-state index contributed by atoms with van der Waals surface area (Å²) in [7, 11) is 3.23. The van der Waals surface area contributed by atoms with Gasteiger partial charge in [0.15, 0.2) is 0 Å². The minimum absolute atomic E-state index is 0.135. The minimum Gasteiger partial charge on any atom is -0.480 e. The fraction of sp³-hybridized carbons (Fsp3) is 0.833. The fourth-order valence-electron chi connectivity index (χ4n) is 1.82. The van der Waals surface area contributed by atoms with Crippen LogP contribution in [0.5, 0.6) is 0 Å². The molecule has 0 radical (unpaired) electrons. The zero-order chi connectivity index (χ0) is 14.1. The molecule has 0 aromatic heterocycles. The van der Waals surface area contributed by atoms with Crippen LogP contribution in [-0.4, -0.2) is 66.8 Å². The highest BCUT2D eigenvalue weighted by molar-refractivity contribution is 5.80. The summed E-state index contributed by atoms with van der Waals surface area (Å²) >= 11 is 0. The smallest absolute Gasteiger partial charge is 0.323 e. The molecular formula is C12H24N2O4. The van der Waals surface area contributed by atoms with E-state index < -0.39 is 5.97 Å². The molecule has 0 saturated heterocycles. The first-order valence-electron chi connectivity index (χ1n) is 6.20. The van der Waals surface area contributed by atoms with E-state index >= 15 is 0 Å². The van der Waals surface area contributed by atoms with Gasteiger partial charge in [0.2, 0.25) is 0 Å². The normalized spacial score (nSPS) is 10.5. The maximum Gasteiger partial charge on any atom is 0.323 e. The molecule has 106 valence electrons. The second kappa shape index (κ2) is 8.74. The lowest BCUT2D eigenvalue weighted by Gasteiger charge is -2.31. The summed E-state index contributed by atoms with van der Waals surface area (Å²) in [6.07, 6.45) is 1.70. The van der Waals surface area contributed by atoms with Crippen molar-refractivity contribution in [2.75, 3.05) is 33.9 Å². The predicted octanol–water partition coefficient (Wildman–Crippen LogP) is 1.26. The number of carboxylic acid groups (broad SMARTS) is 1. The second-order valence-corrected chi connectivity index (χ2v) is 4.17. The summed E-state index contributed by atoms with van der Waals surface area (Å²) in [5.41, 5.74) is 0. The number of hydrogen-bond acceptors (Lipinski definition) is 3. The van der Waals surface area contributed by atoms with Crippen molar-refractivity contribution in [1.29, 1.82) is 0 Å². The number of aliphatic carboxylic acids is 1. The third-order valence-electron chi connectivity index (χ3n) is 2.95. The quantitative estimate of drug-likeness (QED) is 0.713. The number of amides is 2. The zero-order valence-electron chi connectivity index (χ0n) is 11.7. The van der Waals surface area contributed by atoms with Crippen LogP contribution in [0.3, 0.4) is 0 Å². The average molecular weight is 260 g/mol. The van der Waals surface area contributed by atoms with E-state index in [0.29, 0.717) is 6.61 Å². The molecule has 0 spiro atoms. The second-order valence-electron chi connectivity index (χ2n) is 4.17. The van der Waals surface area contributed by atoms with Crippen LogP contribution >= 0.6 is 0 Å². The van der Waals surface area contributed by atoms with Crippen molar-refractivity contribution in [1.82, 2.24) is 9.80 Å². The van der Waals surface area contributed by atoms with Crippen LogP contribution in [0.2, 0.25) is 0 Å². The Bertz CT molecular complexity index is 267. The SMILES string of the molecule is CCC(CC)N(C)C(=O)N(CCOC)CC(=O)O. The van der Waals surface area contributed by atoms with E-state index in [9.17, 15) is 9.59 Å². The standard InChI is InChI=1S/C12H24N2O4/c1-5-10(6-2)13(3)12(17)14(7-8-18-4)9-11(15)16/h10H,5-9H2,1-4H3,(H,15,16). The van der Waals surface area contributed by atoms with Crippen molar-refractivity contribution in [2.45, 2.75) is 32.7 Å². The van der Waals surface area contributed by atoms with E-state index in [1.54, 1.807) is 11.9 Å². The molecule has 0 saturated carbocycles. The van der Waals surface area contributed by atoms with Crippen LogP contribution in [0, 0.1) is 0 Å². The number of carbonyl (C=O) groups is 2. The van der Waals surface area contributed by atoms with Crippen LogP contribution in [0.25, 0.3) is 0 Å². The lowest BCUT2D eigenvalue weighted by molar-refractivity contribution is -0.137. The first kappa shape index (κ1) is 16.7. The van der Waals surface area contributed by atoms with Gasteiger partial charge < -0.3 is 19.6 Å². The summed E-state index contributed by atoms with van der Waals surface area (Å²) in [4.78, 5) is 25.8. The van der Waals surface area contributed by atoms with Crippen molar-refractivity contribution in [3.05, 3.63) is 0 Å². The van der Waals surface area contributed by atoms with Gasteiger partial charge in [-0.05, 0) is 12.8 Å². The third-order valence-corrected chi connectivity index (χ3v) is 2.95. The molecule has 6 nitrogen and oxygen atoms in total. The van der Waals surface area contributed by atoms with Gasteiger partial charge in [0, 0.05) is 26.7 Å². The van der Waals surface area contributed by atoms with Crippen LogP contribution in [-0.2, 0) is 9.53 Å². The predicted molar refractivity (Wildman–Crippen MR) is 68.6 cm³/mol. The van der Waals surface area contributed by atoms with E-state index in [4.69, 9.17) is 9.84 Å². The molecule has 0 aromatic carbocycles. The molecule has 1 N–H and O–H groups in total. The highest BCUT2D eigenvalue weighted by atomic mass is 16.5. The Morgan fingerprint density at radius 3 is 2.22 bits per heavy atom. The summed E-state index contributed by atoms with van der Waals surface area (Å²) in [5, 5.41) is 8.81. The van der Waals surface area contributed by atoms with Gasteiger partial charge in [0.05, 0.1) is 6.61 Å². The van der Waals surface area contributed by atoms with Crippen LogP contribution in [0.15, 0.2) is 0 Å². The Hall–Kier alpha value is -1.30. The molecule has 18 heavy (non-hydrogen) atoms. The maximum absolute atomic E-state index is 12.2. The fourth-order valence-corrected chi connectivity index (χ4v) is 1.82. The van der Waals surface area contributed by atoms with Gasteiger partial charge in [-0.25, -0.2) is 4.79 Å². The third kappa shape index (κ3) is 5.35. The number of nitrogens with zero attached hydrogens (tertiary/aromatic N) is 2. The molecular weight excluding hydrogens is 236 g/mol. The molecule has 0 atom stereocenters. The molecule has 0 fully saturated rings. The first-order chi connectivity index (χ1) is 8.47. The zero-order valence-corrected chi connectivity index (χ0v) is 11.7. The van der Waals surface area contributed by atoms with Crippen molar-refractivity contribution in [2.24, 2.45) is 0 Å². The lowest BCUT2D eigenvalue weighted by atomic mass is 10.1. The number of ether oxygens (including phenoxy) is 1. The molecule has 6 heteroatoms. The molecule has 0 unspecified atom stereocenters. The monoisotopic (exact) mass is 260 g/mol. The van der Waals surface area contributed by atoms with Gasteiger partial charge in [0.1, 0.15) is 6.54 Å². The summed E-state index contributed by atoms with van der Waals surface area (Å²) < 4.78 is 4.89. The van der Waals surface area contributed by atoms with Crippen LogP contribution < -0.4 is 0 Å². The first-order valence-corrected chi connectivity index (χ1v) is 6.20. The van der Waals surface area contributed by atoms with Gasteiger partial charge in [-0.3, -0.25) is 4.79 Å². The highest BCUT2D eigenvalue weighted by Crippen LogP contribution is 2.09. The molecule has 0 aliphatic heterocycles. The van der Waals surface area contributed by atoms with Crippen molar-refractivity contribution in [3.8, 4) is 0 Å². The lowest BCUT2D eigenvalue weighted by Crippen LogP contribution is -2.48. The molecule has 0 aliphatic carbocycles.